The van der Waals surface area contributed by atoms with Crippen LogP contribution in [0.1, 0.15) is 47.5 Å². The van der Waals surface area contributed by atoms with Gasteiger partial charge >= 0.3 is 6.18 Å². The minimum Gasteiger partial charge on any atom is -0.284 e. The zero-order valence-corrected chi connectivity index (χ0v) is 10.3. The average Bonchev–Trinajstić information content (AvgIpc) is 2.79. The van der Waals surface area contributed by atoms with E-state index in [0.717, 1.165) is 37.3 Å². The second-order valence-electron chi connectivity index (χ2n) is 4.58. The number of carbonyl (C=O) groups excluding carboxylic acids is 1. The Labute approximate surface area is 108 Å². The lowest BCUT2D eigenvalue weighted by Crippen LogP contribution is -2.22. The fourth-order valence-electron chi connectivity index (χ4n) is 2.40. The van der Waals surface area contributed by atoms with E-state index in [-0.39, 0.29) is 16.5 Å². The van der Waals surface area contributed by atoms with Crippen LogP contribution in [-0.2, 0) is 0 Å². The molecule has 1 aliphatic carbocycles. The van der Waals surface area contributed by atoms with Gasteiger partial charge in [0.2, 0.25) is 0 Å². The van der Waals surface area contributed by atoms with E-state index in [2.05, 4.69) is 0 Å². The molecule has 1 aliphatic rings. The van der Waals surface area contributed by atoms with E-state index in [1.165, 1.54) is 6.07 Å². The third kappa shape index (κ3) is 2.86. The number of rotatable bonds is 2. The molecule has 1 aromatic carbocycles. The Bertz CT molecular complexity index is 462. The van der Waals surface area contributed by atoms with Crippen LogP contribution < -0.4 is 0 Å². The van der Waals surface area contributed by atoms with Crippen LogP contribution in [0.2, 0.25) is 5.02 Å². The maximum Gasteiger partial charge on any atom is 0.454 e. The second kappa shape index (κ2) is 4.92. The molecule has 1 saturated carbocycles. The number of hydrogen-bond acceptors (Lipinski definition) is 1. The van der Waals surface area contributed by atoms with Crippen molar-refractivity contribution in [3.63, 3.8) is 0 Å². The minimum absolute atomic E-state index is 0.187. The highest BCUT2D eigenvalue weighted by Gasteiger charge is 2.39. The molecule has 0 spiro atoms. The van der Waals surface area contributed by atoms with E-state index < -0.39 is 12.0 Å². The molecule has 0 aliphatic heterocycles. The van der Waals surface area contributed by atoms with E-state index in [0.29, 0.717) is 0 Å². The summed E-state index contributed by atoms with van der Waals surface area (Å²) in [6, 6.07) is 4.07. The van der Waals surface area contributed by atoms with Gasteiger partial charge in [-0.2, -0.15) is 13.2 Å². The molecule has 0 N–H and O–H groups in total. The van der Waals surface area contributed by atoms with Crippen molar-refractivity contribution in [2.24, 2.45) is 0 Å². The van der Waals surface area contributed by atoms with Crippen molar-refractivity contribution in [1.29, 1.82) is 0 Å². The van der Waals surface area contributed by atoms with Crippen LogP contribution in [0.5, 0.6) is 0 Å². The number of carbonyl (C=O) groups is 1. The Balaban J connectivity index is 2.34. The fraction of sp³-hybridized carbons (Fsp3) is 0.462. The number of Topliss-reactive ketones (excluding diaryl/α,β-unsaturated/α-hetero) is 1. The van der Waals surface area contributed by atoms with Crippen LogP contribution in [0.3, 0.4) is 0 Å². The first kappa shape index (κ1) is 13.4. The lowest BCUT2D eigenvalue weighted by Gasteiger charge is -2.12. The van der Waals surface area contributed by atoms with Gasteiger partial charge in [0, 0.05) is 10.6 Å². The van der Waals surface area contributed by atoms with Crippen molar-refractivity contribution >= 4 is 17.4 Å². The molecule has 0 unspecified atom stereocenters. The number of ketones is 1. The van der Waals surface area contributed by atoms with Crippen LogP contribution in [0, 0.1) is 0 Å². The summed E-state index contributed by atoms with van der Waals surface area (Å²) in [6.07, 6.45) is -0.822. The molecule has 1 fully saturated rings. The third-order valence-corrected chi connectivity index (χ3v) is 3.48. The molecule has 5 heteroatoms. The maximum absolute atomic E-state index is 12.4. The second-order valence-corrected chi connectivity index (χ2v) is 5.02. The van der Waals surface area contributed by atoms with Crippen LogP contribution in [0.25, 0.3) is 0 Å². The lowest BCUT2D eigenvalue weighted by atomic mass is 9.95. The van der Waals surface area contributed by atoms with Gasteiger partial charge in [-0.3, -0.25) is 4.79 Å². The summed E-state index contributed by atoms with van der Waals surface area (Å²) in [4.78, 5) is 11.2. The van der Waals surface area contributed by atoms with Gasteiger partial charge in [0.1, 0.15) is 0 Å². The minimum atomic E-state index is -4.85. The topological polar surface area (TPSA) is 17.1 Å². The normalized spacial score (nSPS) is 17.1. The number of benzene rings is 1. The summed E-state index contributed by atoms with van der Waals surface area (Å²) in [5.41, 5.74) is 0.379. The molecule has 0 radical (unpaired) electrons. The monoisotopic (exact) mass is 276 g/mol. The molecular weight excluding hydrogens is 265 g/mol. The Morgan fingerprint density at radius 3 is 2.33 bits per heavy atom. The van der Waals surface area contributed by atoms with Gasteiger partial charge in [-0.25, -0.2) is 0 Å². The van der Waals surface area contributed by atoms with Crippen molar-refractivity contribution in [2.45, 2.75) is 37.8 Å². The van der Waals surface area contributed by atoms with Crippen molar-refractivity contribution in [2.75, 3.05) is 0 Å². The van der Waals surface area contributed by atoms with Crippen molar-refractivity contribution in [1.82, 2.24) is 0 Å². The fourth-order valence-corrected chi connectivity index (χ4v) is 2.65. The first-order valence-corrected chi connectivity index (χ1v) is 6.18. The summed E-state index contributed by atoms with van der Waals surface area (Å²) < 4.78 is 37.1. The van der Waals surface area contributed by atoms with Gasteiger partial charge in [0.05, 0.1) is 0 Å². The SMILES string of the molecule is O=C(c1cc(Cl)cc(C2CCCC2)c1)C(F)(F)F. The Morgan fingerprint density at radius 1 is 1.17 bits per heavy atom. The van der Waals surface area contributed by atoms with Gasteiger partial charge in [0.15, 0.2) is 0 Å². The molecule has 98 valence electrons. The molecule has 0 saturated heterocycles. The van der Waals surface area contributed by atoms with Crippen molar-refractivity contribution < 1.29 is 18.0 Å². The average molecular weight is 277 g/mol. The Morgan fingerprint density at radius 2 is 1.78 bits per heavy atom. The molecule has 1 nitrogen and oxygen atoms in total. The van der Waals surface area contributed by atoms with Gasteiger partial charge < -0.3 is 0 Å². The molecule has 0 bridgehead atoms. The summed E-state index contributed by atoms with van der Waals surface area (Å²) in [5.74, 6) is -1.60. The highest BCUT2D eigenvalue weighted by Crippen LogP contribution is 2.36. The Hall–Kier alpha value is -1.03. The molecule has 1 aromatic rings. The van der Waals surface area contributed by atoms with E-state index >= 15 is 0 Å². The lowest BCUT2D eigenvalue weighted by molar-refractivity contribution is -0.0885. The van der Waals surface area contributed by atoms with E-state index in [1.54, 1.807) is 6.07 Å². The van der Waals surface area contributed by atoms with Crippen molar-refractivity contribution in [3.8, 4) is 0 Å². The molecule has 0 heterocycles. The largest absolute Gasteiger partial charge is 0.454 e. The molecule has 0 aromatic heterocycles. The van der Waals surface area contributed by atoms with Crippen LogP contribution in [0.15, 0.2) is 18.2 Å². The van der Waals surface area contributed by atoms with Crippen LogP contribution in [0.4, 0.5) is 13.2 Å². The summed E-state index contributed by atoms with van der Waals surface area (Å²) in [6.45, 7) is 0. The van der Waals surface area contributed by atoms with Gasteiger partial charge in [-0.05, 0) is 42.5 Å². The smallest absolute Gasteiger partial charge is 0.284 e. The quantitative estimate of drug-likeness (QED) is 0.713. The van der Waals surface area contributed by atoms with Crippen molar-refractivity contribution in [3.05, 3.63) is 34.3 Å². The molecular formula is C13H12ClF3O. The van der Waals surface area contributed by atoms with Crippen LogP contribution in [-0.4, -0.2) is 12.0 Å². The standard InChI is InChI=1S/C13H12ClF3O/c14-11-6-9(8-3-1-2-4-8)5-10(7-11)12(18)13(15,16)17/h5-8H,1-4H2. The first-order chi connectivity index (χ1) is 8.38. The van der Waals surface area contributed by atoms with E-state index in [1.807, 2.05) is 0 Å². The van der Waals surface area contributed by atoms with E-state index in [9.17, 15) is 18.0 Å². The Kier molecular flexibility index (Phi) is 3.66. The number of halogens is 4. The van der Waals surface area contributed by atoms with E-state index in [4.69, 9.17) is 11.6 Å². The van der Waals surface area contributed by atoms with Crippen LogP contribution >= 0.6 is 11.6 Å². The van der Waals surface area contributed by atoms with Gasteiger partial charge in [-0.1, -0.05) is 24.4 Å². The molecule has 0 atom stereocenters. The maximum atomic E-state index is 12.4. The molecule has 2 rings (SSSR count). The van der Waals surface area contributed by atoms with Gasteiger partial charge in [-0.15, -0.1) is 0 Å². The highest BCUT2D eigenvalue weighted by molar-refractivity contribution is 6.31. The predicted octanol–water partition coefficient (Wildman–Crippen LogP) is 4.74. The van der Waals surface area contributed by atoms with Gasteiger partial charge in [0.25, 0.3) is 5.78 Å². The summed E-state index contributed by atoms with van der Waals surface area (Å²) >= 11 is 5.80. The summed E-state index contributed by atoms with van der Waals surface area (Å²) in [5, 5.41) is 0.187. The predicted molar refractivity (Wildman–Crippen MR) is 63.0 cm³/mol. The summed E-state index contributed by atoms with van der Waals surface area (Å²) in [7, 11) is 0. The zero-order chi connectivity index (χ0) is 13.3. The third-order valence-electron chi connectivity index (χ3n) is 3.27. The zero-order valence-electron chi connectivity index (χ0n) is 9.56. The first-order valence-electron chi connectivity index (χ1n) is 5.80. The molecule has 18 heavy (non-hydrogen) atoms. The highest BCUT2D eigenvalue weighted by atomic mass is 35.5. The number of alkyl halides is 3. The number of hydrogen-bond donors (Lipinski definition) is 0. The molecule has 0 amide bonds.